The zero-order chi connectivity index (χ0) is 10.7. The van der Waals surface area contributed by atoms with Crippen molar-refractivity contribution in [1.82, 2.24) is 0 Å². The third-order valence-electron chi connectivity index (χ3n) is 1.82. The van der Waals surface area contributed by atoms with E-state index < -0.39 is 0 Å². The van der Waals surface area contributed by atoms with Crippen molar-refractivity contribution in [2.45, 2.75) is 13.8 Å². The predicted octanol–water partition coefficient (Wildman–Crippen LogP) is 3.54. The van der Waals surface area contributed by atoms with Gasteiger partial charge in [-0.2, -0.15) is 0 Å². The summed E-state index contributed by atoms with van der Waals surface area (Å²) >= 11 is 5.57. The van der Waals surface area contributed by atoms with Gasteiger partial charge in [0, 0.05) is 8.04 Å². The van der Waals surface area contributed by atoms with E-state index in [1.807, 2.05) is 13.0 Å². The SMILES string of the molecule is CCOC(=O)c1ccc(Br)c(C)c1I. The molecule has 0 saturated carbocycles. The Bertz CT molecular complexity index is 363. The van der Waals surface area contributed by atoms with Crippen LogP contribution in [0.3, 0.4) is 0 Å². The molecule has 0 unspecified atom stereocenters. The van der Waals surface area contributed by atoms with E-state index in [-0.39, 0.29) is 5.97 Å². The molecule has 0 saturated heterocycles. The van der Waals surface area contributed by atoms with E-state index in [4.69, 9.17) is 4.74 Å². The number of esters is 1. The van der Waals surface area contributed by atoms with Crippen LogP contribution in [0.25, 0.3) is 0 Å². The van der Waals surface area contributed by atoms with Crippen molar-refractivity contribution < 1.29 is 9.53 Å². The lowest BCUT2D eigenvalue weighted by Crippen LogP contribution is -2.07. The average Bonchev–Trinajstić information content (AvgIpc) is 2.15. The molecule has 0 amide bonds. The van der Waals surface area contributed by atoms with Crippen LogP contribution >= 0.6 is 38.5 Å². The molecule has 1 aromatic rings. The smallest absolute Gasteiger partial charge is 0.339 e. The molecule has 0 aliphatic carbocycles. The minimum absolute atomic E-state index is 0.257. The van der Waals surface area contributed by atoms with Crippen molar-refractivity contribution in [3.05, 3.63) is 31.3 Å². The number of carbonyl (C=O) groups excluding carboxylic acids is 1. The Kier molecular flexibility index (Phi) is 4.37. The normalized spacial score (nSPS) is 10.0. The van der Waals surface area contributed by atoms with Gasteiger partial charge in [-0.25, -0.2) is 4.79 Å². The highest BCUT2D eigenvalue weighted by atomic mass is 127. The van der Waals surface area contributed by atoms with Crippen molar-refractivity contribution in [3.63, 3.8) is 0 Å². The van der Waals surface area contributed by atoms with E-state index >= 15 is 0 Å². The van der Waals surface area contributed by atoms with E-state index in [0.717, 1.165) is 13.6 Å². The zero-order valence-corrected chi connectivity index (χ0v) is 11.7. The van der Waals surface area contributed by atoms with Gasteiger partial charge in [-0.05, 0) is 54.1 Å². The van der Waals surface area contributed by atoms with Crippen molar-refractivity contribution in [1.29, 1.82) is 0 Å². The maximum atomic E-state index is 11.5. The second kappa shape index (κ2) is 5.11. The molecule has 4 heteroatoms. The lowest BCUT2D eigenvalue weighted by Gasteiger charge is -2.07. The summed E-state index contributed by atoms with van der Waals surface area (Å²) in [6.07, 6.45) is 0. The first-order valence-electron chi connectivity index (χ1n) is 4.19. The fraction of sp³-hybridized carbons (Fsp3) is 0.300. The molecule has 0 aromatic heterocycles. The third kappa shape index (κ3) is 2.48. The standard InChI is InChI=1S/C10H10BrIO2/c1-3-14-10(13)7-4-5-8(11)6(2)9(7)12/h4-5H,3H2,1-2H3. The van der Waals surface area contributed by atoms with Gasteiger partial charge in [-0.15, -0.1) is 0 Å². The molecule has 0 aliphatic heterocycles. The van der Waals surface area contributed by atoms with Crippen LogP contribution in [0.4, 0.5) is 0 Å². The van der Waals surface area contributed by atoms with Crippen molar-refractivity contribution in [3.8, 4) is 0 Å². The van der Waals surface area contributed by atoms with Gasteiger partial charge < -0.3 is 4.74 Å². The van der Waals surface area contributed by atoms with Gasteiger partial charge >= 0.3 is 5.97 Å². The first kappa shape index (κ1) is 12.0. The van der Waals surface area contributed by atoms with E-state index in [9.17, 15) is 4.79 Å². The van der Waals surface area contributed by atoms with Crippen LogP contribution in [0.2, 0.25) is 0 Å². The molecular weight excluding hydrogens is 359 g/mol. The van der Waals surface area contributed by atoms with Crippen molar-refractivity contribution in [2.75, 3.05) is 6.61 Å². The molecule has 14 heavy (non-hydrogen) atoms. The molecule has 0 heterocycles. The minimum Gasteiger partial charge on any atom is -0.462 e. The largest absolute Gasteiger partial charge is 0.462 e. The van der Waals surface area contributed by atoms with Crippen LogP contribution in [0, 0.1) is 10.5 Å². The van der Waals surface area contributed by atoms with Crippen molar-refractivity contribution >= 4 is 44.5 Å². The molecule has 0 N–H and O–H groups in total. The molecule has 2 nitrogen and oxygen atoms in total. The quantitative estimate of drug-likeness (QED) is 0.589. The maximum absolute atomic E-state index is 11.5. The monoisotopic (exact) mass is 368 g/mol. The molecule has 0 atom stereocenters. The summed E-state index contributed by atoms with van der Waals surface area (Å²) in [7, 11) is 0. The second-order valence-corrected chi connectivity index (χ2v) is 4.69. The summed E-state index contributed by atoms with van der Waals surface area (Å²) in [5.74, 6) is -0.257. The number of ether oxygens (including phenoxy) is 1. The Balaban J connectivity index is 3.11. The number of hydrogen-bond acceptors (Lipinski definition) is 2. The topological polar surface area (TPSA) is 26.3 Å². The Morgan fingerprint density at radius 2 is 2.21 bits per heavy atom. The van der Waals surface area contributed by atoms with E-state index in [2.05, 4.69) is 38.5 Å². The summed E-state index contributed by atoms with van der Waals surface area (Å²) in [6.45, 7) is 4.18. The Hall–Kier alpha value is -0.100. The fourth-order valence-corrected chi connectivity index (χ4v) is 2.42. The fourth-order valence-electron chi connectivity index (χ4n) is 1.03. The molecule has 0 fully saturated rings. The van der Waals surface area contributed by atoms with Crippen LogP contribution < -0.4 is 0 Å². The number of hydrogen-bond donors (Lipinski definition) is 0. The Morgan fingerprint density at radius 3 is 2.79 bits per heavy atom. The lowest BCUT2D eigenvalue weighted by atomic mass is 10.1. The van der Waals surface area contributed by atoms with Crippen LogP contribution in [0.5, 0.6) is 0 Å². The summed E-state index contributed by atoms with van der Waals surface area (Å²) in [6, 6.07) is 3.64. The number of carbonyl (C=O) groups is 1. The minimum atomic E-state index is -0.257. The molecule has 76 valence electrons. The van der Waals surface area contributed by atoms with Gasteiger partial charge in [0.15, 0.2) is 0 Å². The highest BCUT2D eigenvalue weighted by molar-refractivity contribution is 14.1. The van der Waals surface area contributed by atoms with Gasteiger partial charge in [0.1, 0.15) is 0 Å². The predicted molar refractivity (Wildman–Crippen MR) is 67.6 cm³/mol. The Labute approximate surface area is 105 Å². The van der Waals surface area contributed by atoms with E-state index in [1.54, 1.807) is 13.0 Å². The van der Waals surface area contributed by atoms with Crippen LogP contribution in [0.1, 0.15) is 22.8 Å². The van der Waals surface area contributed by atoms with Crippen LogP contribution in [0.15, 0.2) is 16.6 Å². The van der Waals surface area contributed by atoms with Crippen molar-refractivity contribution in [2.24, 2.45) is 0 Å². The summed E-state index contributed by atoms with van der Waals surface area (Å²) in [5.41, 5.74) is 1.70. The van der Waals surface area contributed by atoms with Gasteiger partial charge in [-0.3, -0.25) is 0 Å². The average molecular weight is 369 g/mol. The number of rotatable bonds is 2. The summed E-state index contributed by atoms with van der Waals surface area (Å²) < 4.78 is 6.89. The number of benzene rings is 1. The van der Waals surface area contributed by atoms with E-state index in [1.165, 1.54) is 0 Å². The van der Waals surface area contributed by atoms with Crippen LogP contribution in [-0.4, -0.2) is 12.6 Å². The van der Waals surface area contributed by atoms with Gasteiger partial charge in [-0.1, -0.05) is 15.9 Å². The Morgan fingerprint density at radius 1 is 1.57 bits per heavy atom. The van der Waals surface area contributed by atoms with Gasteiger partial charge in [0.2, 0.25) is 0 Å². The van der Waals surface area contributed by atoms with E-state index in [0.29, 0.717) is 12.2 Å². The third-order valence-corrected chi connectivity index (χ3v) is 4.06. The molecule has 0 bridgehead atoms. The summed E-state index contributed by atoms with van der Waals surface area (Å²) in [4.78, 5) is 11.5. The first-order chi connectivity index (χ1) is 6.57. The highest BCUT2D eigenvalue weighted by Crippen LogP contribution is 2.25. The molecular formula is C10H10BrIO2. The maximum Gasteiger partial charge on any atom is 0.339 e. The number of halogens is 2. The molecule has 0 radical (unpaired) electrons. The molecule has 1 aromatic carbocycles. The zero-order valence-electron chi connectivity index (χ0n) is 7.93. The summed E-state index contributed by atoms with van der Waals surface area (Å²) in [5, 5.41) is 0. The first-order valence-corrected chi connectivity index (χ1v) is 6.06. The lowest BCUT2D eigenvalue weighted by molar-refractivity contribution is 0.0525. The molecule has 0 spiro atoms. The molecule has 1 rings (SSSR count). The van der Waals surface area contributed by atoms with Gasteiger partial charge in [0.25, 0.3) is 0 Å². The van der Waals surface area contributed by atoms with Crippen LogP contribution in [-0.2, 0) is 4.74 Å². The van der Waals surface area contributed by atoms with Gasteiger partial charge in [0.05, 0.1) is 12.2 Å². The second-order valence-electron chi connectivity index (χ2n) is 2.75. The highest BCUT2D eigenvalue weighted by Gasteiger charge is 2.13. The molecule has 0 aliphatic rings.